The van der Waals surface area contributed by atoms with Crippen molar-refractivity contribution in [2.75, 3.05) is 0 Å². The standard InChI is InChI=1S/C7H7ClO.K/c1-5-4-6(9)2-3-7(5)8;/h2-4,9H,1H3;. The second kappa shape index (κ2) is 4.75. The van der Waals surface area contributed by atoms with E-state index in [4.69, 9.17) is 16.7 Å². The molecular formula is C7H7ClKO. The molecule has 1 aromatic rings. The van der Waals surface area contributed by atoms with Crippen molar-refractivity contribution in [2.45, 2.75) is 6.92 Å². The molecule has 1 radical (unpaired) electrons. The molecule has 49 valence electrons. The Labute approximate surface area is 108 Å². The van der Waals surface area contributed by atoms with Gasteiger partial charge >= 0.3 is 0 Å². The number of hydrogen-bond donors (Lipinski definition) is 1. The van der Waals surface area contributed by atoms with Crippen LogP contribution in [0.2, 0.25) is 5.02 Å². The monoisotopic (exact) mass is 181 g/mol. The maximum Gasteiger partial charge on any atom is 0.115 e. The van der Waals surface area contributed by atoms with Crippen LogP contribution in [-0.4, -0.2) is 56.5 Å². The first kappa shape index (κ1) is 10.9. The third kappa shape index (κ3) is 2.90. The van der Waals surface area contributed by atoms with Crippen LogP contribution >= 0.6 is 11.6 Å². The molecule has 0 atom stereocenters. The molecule has 3 heteroatoms. The summed E-state index contributed by atoms with van der Waals surface area (Å²) in [5, 5.41) is 9.57. The van der Waals surface area contributed by atoms with E-state index < -0.39 is 0 Å². The molecular weight excluding hydrogens is 175 g/mol. The first-order valence-electron chi connectivity index (χ1n) is 2.65. The summed E-state index contributed by atoms with van der Waals surface area (Å²) in [5.41, 5.74) is 0.900. The molecule has 0 aliphatic heterocycles. The first-order chi connectivity index (χ1) is 4.20. The van der Waals surface area contributed by atoms with Gasteiger partial charge in [0, 0.05) is 56.4 Å². The smallest absolute Gasteiger partial charge is 0.115 e. The number of rotatable bonds is 0. The van der Waals surface area contributed by atoms with E-state index in [0.29, 0.717) is 5.02 Å². The quantitative estimate of drug-likeness (QED) is 0.607. The van der Waals surface area contributed by atoms with Gasteiger partial charge in [0.25, 0.3) is 0 Å². The molecule has 1 rings (SSSR count). The van der Waals surface area contributed by atoms with Crippen LogP contribution in [-0.2, 0) is 0 Å². The third-order valence-corrected chi connectivity index (χ3v) is 1.57. The predicted molar refractivity (Wildman–Crippen MR) is 43.6 cm³/mol. The van der Waals surface area contributed by atoms with Crippen molar-refractivity contribution in [2.24, 2.45) is 0 Å². The summed E-state index contributed by atoms with van der Waals surface area (Å²) in [7, 11) is 0. The number of phenolic OH excluding ortho intramolecular Hbond substituents is 1. The van der Waals surface area contributed by atoms with Crippen molar-refractivity contribution < 1.29 is 5.11 Å². The fourth-order valence-electron chi connectivity index (χ4n) is 0.629. The van der Waals surface area contributed by atoms with E-state index in [-0.39, 0.29) is 57.1 Å². The van der Waals surface area contributed by atoms with Crippen molar-refractivity contribution in [3.05, 3.63) is 28.8 Å². The minimum atomic E-state index is 0. The topological polar surface area (TPSA) is 20.2 Å². The van der Waals surface area contributed by atoms with E-state index in [1.807, 2.05) is 6.92 Å². The van der Waals surface area contributed by atoms with Crippen LogP contribution < -0.4 is 0 Å². The Morgan fingerprint density at radius 2 is 2.00 bits per heavy atom. The van der Waals surface area contributed by atoms with E-state index in [1.165, 1.54) is 0 Å². The number of aromatic hydroxyl groups is 1. The molecule has 1 N–H and O–H groups in total. The van der Waals surface area contributed by atoms with E-state index in [0.717, 1.165) is 5.56 Å². The number of halogens is 1. The molecule has 0 heterocycles. The molecule has 0 saturated carbocycles. The number of benzene rings is 1. The fraction of sp³-hybridized carbons (Fsp3) is 0.143. The fourth-order valence-corrected chi connectivity index (χ4v) is 0.746. The third-order valence-electron chi connectivity index (χ3n) is 1.14. The van der Waals surface area contributed by atoms with Gasteiger partial charge in [-0.3, -0.25) is 0 Å². The minimum Gasteiger partial charge on any atom is -0.508 e. The Hall–Kier alpha value is 0.946. The molecule has 1 nitrogen and oxygen atoms in total. The maximum atomic E-state index is 8.88. The maximum absolute atomic E-state index is 8.88. The van der Waals surface area contributed by atoms with Gasteiger partial charge in [0.1, 0.15) is 5.75 Å². The zero-order valence-electron chi connectivity index (χ0n) is 6.06. The normalized spacial score (nSPS) is 8.60. The minimum absolute atomic E-state index is 0. The molecule has 0 amide bonds. The molecule has 0 spiro atoms. The average molecular weight is 182 g/mol. The largest absolute Gasteiger partial charge is 0.508 e. The van der Waals surface area contributed by atoms with Crippen LogP contribution in [0.25, 0.3) is 0 Å². The second-order valence-electron chi connectivity index (χ2n) is 1.93. The summed E-state index contributed by atoms with van der Waals surface area (Å²) in [6.07, 6.45) is 0. The molecule has 1 aromatic carbocycles. The molecule has 0 aliphatic rings. The summed E-state index contributed by atoms with van der Waals surface area (Å²) >= 11 is 5.67. The van der Waals surface area contributed by atoms with Crippen LogP contribution in [0.4, 0.5) is 0 Å². The van der Waals surface area contributed by atoms with E-state index >= 15 is 0 Å². The van der Waals surface area contributed by atoms with Crippen LogP contribution in [0, 0.1) is 6.92 Å². The zero-order chi connectivity index (χ0) is 6.85. The molecule has 0 aromatic heterocycles. The molecule has 0 fully saturated rings. The Morgan fingerprint density at radius 1 is 1.40 bits per heavy atom. The molecule has 0 aliphatic carbocycles. The zero-order valence-corrected chi connectivity index (χ0v) is 9.94. The average Bonchev–Trinajstić information content (AvgIpc) is 1.80. The summed E-state index contributed by atoms with van der Waals surface area (Å²) in [5.74, 6) is 0.261. The van der Waals surface area contributed by atoms with Crippen LogP contribution in [0.15, 0.2) is 18.2 Å². The van der Waals surface area contributed by atoms with Gasteiger partial charge in [0.05, 0.1) is 0 Å². The predicted octanol–water partition coefficient (Wildman–Crippen LogP) is 1.97. The van der Waals surface area contributed by atoms with E-state index in [9.17, 15) is 0 Å². The summed E-state index contributed by atoms with van der Waals surface area (Å²) < 4.78 is 0. The summed E-state index contributed by atoms with van der Waals surface area (Å²) in [6.45, 7) is 1.85. The number of aryl methyl sites for hydroxylation is 1. The van der Waals surface area contributed by atoms with E-state index in [2.05, 4.69) is 0 Å². The number of phenols is 1. The summed E-state index contributed by atoms with van der Waals surface area (Å²) in [6, 6.07) is 4.86. The van der Waals surface area contributed by atoms with Crippen molar-refractivity contribution in [1.82, 2.24) is 0 Å². The molecule has 0 unspecified atom stereocenters. The van der Waals surface area contributed by atoms with Crippen LogP contribution in [0.5, 0.6) is 5.75 Å². The van der Waals surface area contributed by atoms with Gasteiger partial charge < -0.3 is 5.11 Å². The van der Waals surface area contributed by atoms with Crippen molar-refractivity contribution in [3.8, 4) is 5.75 Å². The first-order valence-corrected chi connectivity index (χ1v) is 3.03. The van der Waals surface area contributed by atoms with Crippen molar-refractivity contribution in [1.29, 1.82) is 0 Å². The van der Waals surface area contributed by atoms with Gasteiger partial charge in [-0.2, -0.15) is 0 Å². The molecule has 0 bridgehead atoms. The van der Waals surface area contributed by atoms with Crippen molar-refractivity contribution in [3.63, 3.8) is 0 Å². The SMILES string of the molecule is Cc1cc(O)ccc1Cl.[K]. The Balaban J connectivity index is 0.000000810. The summed E-state index contributed by atoms with van der Waals surface area (Å²) in [4.78, 5) is 0. The van der Waals surface area contributed by atoms with Crippen LogP contribution in [0.1, 0.15) is 5.56 Å². The van der Waals surface area contributed by atoms with E-state index in [1.54, 1.807) is 18.2 Å². The van der Waals surface area contributed by atoms with Gasteiger partial charge in [-0.15, -0.1) is 0 Å². The van der Waals surface area contributed by atoms with Gasteiger partial charge in [-0.25, -0.2) is 0 Å². The second-order valence-corrected chi connectivity index (χ2v) is 2.34. The number of hydrogen-bond acceptors (Lipinski definition) is 1. The van der Waals surface area contributed by atoms with Crippen LogP contribution in [0.3, 0.4) is 0 Å². The van der Waals surface area contributed by atoms with Gasteiger partial charge in [0.15, 0.2) is 0 Å². The Kier molecular flexibility index (Phi) is 5.20. The van der Waals surface area contributed by atoms with Crippen molar-refractivity contribution >= 4 is 63.0 Å². The van der Waals surface area contributed by atoms with Gasteiger partial charge in [-0.1, -0.05) is 11.6 Å². The molecule has 10 heavy (non-hydrogen) atoms. The van der Waals surface area contributed by atoms with Gasteiger partial charge in [-0.05, 0) is 30.7 Å². The van der Waals surface area contributed by atoms with Gasteiger partial charge in [0.2, 0.25) is 0 Å². The Bertz CT molecular complexity index is 225. The Morgan fingerprint density at radius 3 is 2.40 bits per heavy atom. The molecule has 0 saturated heterocycles.